The summed E-state index contributed by atoms with van der Waals surface area (Å²) < 4.78 is 0. The van der Waals surface area contributed by atoms with Gasteiger partial charge in [0.05, 0.1) is 5.76 Å². The second-order valence-corrected chi connectivity index (χ2v) is 7.79. The number of allylic oxidation sites excluding steroid dienone is 8. The monoisotopic (exact) mass is 400 g/mol. The number of nitrogens with zero attached hydrogens (tertiary/aromatic N) is 1. The molecule has 0 radical (unpaired) electrons. The molecule has 0 aromatic carbocycles. The number of nitrogens with one attached hydrogen (secondary N) is 1. The molecule has 2 unspecified atom stereocenters. The summed E-state index contributed by atoms with van der Waals surface area (Å²) in [6.07, 6.45) is 16.9. The molecule has 0 saturated carbocycles. The normalized spacial score (nSPS) is 17.5. The molecule has 0 aromatic heterocycles. The van der Waals surface area contributed by atoms with Gasteiger partial charge in [-0.05, 0) is 55.8 Å². The van der Waals surface area contributed by atoms with Crippen molar-refractivity contribution in [1.82, 2.24) is 10.2 Å². The molecular formula is C23H33N2O2P. The second-order valence-electron chi connectivity index (χ2n) is 6.91. The standard InChI is InChI=1S/C23H33N2O2P/c1-6-7-21(16-25(4)17-26)23(18(2)13-15-28-5)12-14-24-19(3)20-8-10-22(27)11-9-20/h6-8,10,12,14-18,23-24,27H,3,9,11,13H2,1-2,4-5H3/b7-6+,14-12+,21-16+. The Kier molecular flexibility index (Phi) is 11.0. The molecular weight excluding hydrogens is 367 g/mol. The zero-order valence-electron chi connectivity index (χ0n) is 17.4. The third kappa shape index (κ3) is 8.14. The molecule has 1 aliphatic rings. The number of carbonyl (C=O) groups is 1. The number of hydrogen-bond acceptors (Lipinski definition) is 3. The summed E-state index contributed by atoms with van der Waals surface area (Å²) in [6, 6.07) is 0. The smallest absolute Gasteiger partial charge is 0.213 e. The van der Waals surface area contributed by atoms with Crippen molar-refractivity contribution in [2.75, 3.05) is 13.7 Å². The van der Waals surface area contributed by atoms with Gasteiger partial charge in [0.1, 0.15) is 0 Å². The fraction of sp³-hybridized carbons (Fsp3) is 0.391. The topological polar surface area (TPSA) is 52.6 Å². The first kappa shape index (κ1) is 23.7. The van der Waals surface area contributed by atoms with Gasteiger partial charge in [-0.25, -0.2) is 0 Å². The Morgan fingerprint density at radius 1 is 1.43 bits per heavy atom. The van der Waals surface area contributed by atoms with Crippen molar-refractivity contribution in [1.29, 1.82) is 0 Å². The molecule has 1 rings (SSSR count). The summed E-state index contributed by atoms with van der Waals surface area (Å²) in [4.78, 5) is 12.6. The van der Waals surface area contributed by atoms with Crippen LogP contribution in [0.15, 0.2) is 72.0 Å². The summed E-state index contributed by atoms with van der Waals surface area (Å²) in [5, 5.41) is 12.8. The Bertz CT molecular complexity index is 714. The Morgan fingerprint density at radius 3 is 2.75 bits per heavy atom. The van der Waals surface area contributed by atoms with Crippen LogP contribution in [0.2, 0.25) is 0 Å². The fourth-order valence-corrected chi connectivity index (χ4v) is 3.51. The predicted molar refractivity (Wildman–Crippen MR) is 122 cm³/mol. The van der Waals surface area contributed by atoms with Crippen LogP contribution < -0.4 is 5.32 Å². The highest BCUT2D eigenvalue weighted by molar-refractivity contribution is 7.37. The molecule has 2 atom stereocenters. The largest absolute Gasteiger partial charge is 0.512 e. The van der Waals surface area contributed by atoms with E-state index in [2.05, 4.69) is 43.4 Å². The lowest BCUT2D eigenvalue weighted by Crippen LogP contribution is -2.17. The Morgan fingerprint density at radius 2 is 2.18 bits per heavy atom. The van der Waals surface area contributed by atoms with Crippen molar-refractivity contribution in [2.24, 2.45) is 11.8 Å². The highest BCUT2D eigenvalue weighted by atomic mass is 31.1. The van der Waals surface area contributed by atoms with Gasteiger partial charge in [0, 0.05) is 31.3 Å². The van der Waals surface area contributed by atoms with E-state index in [-0.39, 0.29) is 5.92 Å². The molecule has 0 spiro atoms. The quantitative estimate of drug-likeness (QED) is 0.280. The summed E-state index contributed by atoms with van der Waals surface area (Å²) in [5.74, 6) is 3.21. The van der Waals surface area contributed by atoms with Gasteiger partial charge in [-0.3, -0.25) is 4.79 Å². The Hall–Kier alpha value is -2.32. The van der Waals surface area contributed by atoms with E-state index in [4.69, 9.17) is 0 Å². The van der Waals surface area contributed by atoms with E-state index in [1.165, 1.54) is 8.20 Å². The fourth-order valence-electron chi connectivity index (χ4n) is 2.97. The van der Waals surface area contributed by atoms with Crippen molar-refractivity contribution in [3.05, 3.63) is 72.0 Å². The zero-order chi connectivity index (χ0) is 20.9. The van der Waals surface area contributed by atoms with E-state index in [9.17, 15) is 9.90 Å². The zero-order valence-corrected chi connectivity index (χ0v) is 18.3. The summed E-state index contributed by atoms with van der Waals surface area (Å²) >= 11 is 0. The van der Waals surface area contributed by atoms with Crippen LogP contribution in [0.25, 0.3) is 0 Å². The SMILES string of the molecule is C=C(N/C=C/C(C(/C=C/C)=C/N(C)C=O)C(C)C/C=P\C)C1=CC=C(O)CC1. The first-order valence-electron chi connectivity index (χ1n) is 9.56. The maximum Gasteiger partial charge on any atom is 0.213 e. The van der Waals surface area contributed by atoms with Gasteiger partial charge in [0.25, 0.3) is 0 Å². The number of hydrogen-bond donors (Lipinski definition) is 2. The molecule has 5 heteroatoms. The van der Waals surface area contributed by atoms with Crippen molar-refractivity contribution in [3.63, 3.8) is 0 Å². The van der Waals surface area contributed by atoms with Crippen LogP contribution >= 0.6 is 8.20 Å². The van der Waals surface area contributed by atoms with Gasteiger partial charge in [0.2, 0.25) is 6.41 Å². The van der Waals surface area contributed by atoms with Crippen molar-refractivity contribution in [2.45, 2.75) is 33.1 Å². The molecule has 4 nitrogen and oxygen atoms in total. The maximum absolute atomic E-state index is 11.1. The van der Waals surface area contributed by atoms with Crippen LogP contribution in [0.5, 0.6) is 0 Å². The molecule has 1 amide bonds. The minimum absolute atomic E-state index is 0.154. The lowest BCUT2D eigenvalue weighted by Gasteiger charge is -2.23. The third-order valence-corrected chi connectivity index (χ3v) is 5.19. The van der Waals surface area contributed by atoms with Gasteiger partial charge in [-0.2, -0.15) is 0 Å². The molecule has 0 bridgehead atoms. The highest BCUT2D eigenvalue weighted by Gasteiger charge is 2.17. The highest BCUT2D eigenvalue weighted by Crippen LogP contribution is 2.27. The average Bonchev–Trinajstić information content (AvgIpc) is 2.69. The Balaban J connectivity index is 3.00. The van der Waals surface area contributed by atoms with E-state index in [1.807, 2.05) is 31.5 Å². The predicted octanol–water partition coefficient (Wildman–Crippen LogP) is 5.33. The average molecular weight is 401 g/mol. The van der Waals surface area contributed by atoms with Gasteiger partial charge in [0.15, 0.2) is 0 Å². The van der Waals surface area contributed by atoms with Crippen molar-refractivity contribution >= 4 is 20.4 Å². The molecule has 152 valence electrons. The number of rotatable bonds is 11. The van der Waals surface area contributed by atoms with E-state index in [1.54, 1.807) is 18.0 Å². The van der Waals surface area contributed by atoms with E-state index >= 15 is 0 Å². The summed E-state index contributed by atoms with van der Waals surface area (Å²) in [6.45, 7) is 10.4. The number of carbonyl (C=O) groups excluding carboxylic acids is 1. The van der Waals surface area contributed by atoms with Crippen molar-refractivity contribution < 1.29 is 9.90 Å². The van der Waals surface area contributed by atoms with Crippen LogP contribution in [0.3, 0.4) is 0 Å². The number of aliphatic hydroxyl groups excluding tert-OH is 1. The number of amides is 1. The summed E-state index contributed by atoms with van der Waals surface area (Å²) in [7, 11) is 3.02. The van der Waals surface area contributed by atoms with Crippen LogP contribution in [0.4, 0.5) is 0 Å². The molecule has 2 N–H and O–H groups in total. The van der Waals surface area contributed by atoms with Gasteiger partial charge < -0.3 is 15.3 Å². The molecule has 0 fully saturated rings. The van der Waals surface area contributed by atoms with E-state index in [0.29, 0.717) is 18.1 Å². The molecule has 28 heavy (non-hydrogen) atoms. The lowest BCUT2D eigenvalue weighted by molar-refractivity contribution is -0.115. The maximum atomic E-state index is 11.1. The van der Waals surface area contributed by atoms with Gasteiger partial charge >= 0.3 is 0 Å². The first-order chi connectivity index (χ1) is 13.4. The van der Waals surface area contributed by atoms with Gasteiger partial charge in [-0.15, -0.1) is 8.20 Å². The van der Waals surface area contributed by atoms with Crippen LogP contribution in [0.1, 0.15) is 33.1 Å². The van der Waals surface area contributed by atoms with Crippen LogP contribution in [-0.2, 0) is 4.79 Å². The minimum Gasteiger partial charge on any atom is -0.512 e. The van der Waals surface area contributed by atoms with Crippen molar-refractivity contribution in [3.8, 4) is 0 Å². The minimum atomic E-state index is 0.154. The lowest BCUT2D eigenvalue weighted by atomic mass is 9.85. The Labute approximate surface area is 171 Å². The molecule has 1 aliphatic carbocycles. The van der Waals surface area contributed by atoms with E-state index in [0.717, 1.165) is 36.1 Å². The third-order valence-electron chi connectivity index (χ3n) is 4.61. The summed E-state index contributed by atoms with van der Waals surface area (Å²) in [5.41, 5.74) is 3.01. The number of aliphatic hydroxyl groups is 1. The van der Waals surface area contributed by atoms with E-state index < -0.39 is 0 Å². The van der Waals surface area contributed by atoms with Crippen LogP contribution in [0, 0.1) is 11.8 Å². The van der Waals surface area contributed by atoms with Gasteiger partial charge in [-0.1, -0.05) is 43.6 Å². The van der Waals surface area contributed by atoms with Crippen LogP contribution in [-0.4, -0.2) is 35.9 Å². The molecule has 0 aromatic rings. The molecule has 0 aliphatic heterocycles. The first-order valence-corrected chi connectivity index (χ1v) is 11.0. The second kappa shape index (κ2) is 13.0. The molecule has 0 saturated heterocycles. The molecule has 0 heterocycles.